The third kappa shape index (κ3) is 3.02. The average Bonchev–Trinajstić information content (AvgIpc) is 2.88. The Labute approximate surface area is 117 Å². The SMILES string of the molecule is CNS(=O)(=O)c1ccc(-c2cnc(C(C)C)s2)cc1. The molecule has 6 heteroatoms. The van der Waals surface area contributed by atoms with Crippen molar-refractivity contribution in [1.82, 2.24) is 9.71 Å². The summed E-state index contributed by atoms with van der Waals surface area (Å²) >= 11 is 1.64. The molecule has 4 nitrogen and oxygen atoms in total. The Morgan fingerprint density at radius 1 is 1.21 bits per heavy atom. The fraction of sp³-hybridized carbons (Fsp3) is 0.308. The molecule has 1 N–H and O–H groups in total. The normalized spacial score (nSPS) is 12.0. The fourth-order valence-corrected chi connectivity index (χ4v) is 3.26. The molecular formula is C13H16N2O2S2. The fourth-order valence-electron chi connectivity index (χ4n) is 1.60. The maximum atomic E-state index is 11.6. The van der Waals surface area contributed by atoms with Gasteiger partial charge in [-0.05, 0) is 24.7 Å². The number of aromatic nitrogens is 1. The van der Waals surface area contributed by atoms with Gasteiger partial charge in [0.15, 0.2) is 0 Å². The number of rotatable bonds is 4. The molecule has 0 bridgehead atoms. The van der Waals surface area contributed by atoms with Crippen LogP contribution in [0, 0.1) is 0 Å². The Morgan fingerprint density at radius 2 is 1.84 bits per heavy atom. The molecular weight excluding hydrogens is 280 g/mol. The second kappa shape index (κ2) is 5.40. The monoisotopic (exact) mass is 296 g/mol. The number of hydrogen-bond acceptors (Lipinski definition) is 4. The van der Waals surface area contributed by atoms with Crippen molar-refractivity contribution in [3.63, 3.8) is 0 Å². The van der Waals surface area contributed by atoms with Crippen molar-refractivity contribution in [2.24, 2.45) is 0 Å². The molecule has 0 saturated heterocycles. The molecule has 0 aliphatic heterocycles. The van der Waals surface area contributed by atoms with Crippen LogP contribution in [0.3, 0.4) is 0 Å². The molecule has 0 fully saturated rings. The van der Waals surface area contributed by atoms with Gasteiger partial charge >= 0.3 is 0 Å². The Kier molecular flexibility index (Phi) is 4.03. The van der Waals surface area contributed by atoms with Gasteiger partial charge in [-0.15, -0.1) is 11.3 Å². The number of nitrogens with zero attached hydrogens (tertiary/aromatic N) is 1. The van der Waals surface area contributed by atoms with Crippen molar-refractivity contribution in [3.05, 3.63) is 35.5 Å². The summed E-state index contributed by atoms with van der Waals surface area (Å²) in [5.74, 6) is 0.405. The van der Waals surface area contributed by atoms with Crippen LogP contribution in [0.2, 0.25) is 0 Å². The predicted octanol–water partition coefficient (Wildman–Crippen LogP) is 2.84. The molecule has 1 heterocycles. The van der Waals surface area contributed by atoms with Gasteiger partial charge in [0.25, 0.3) is 0 Å². The van der Waals surface area contributed by atoms with Crippen molar-refractivity contribution in [2.45, 2.75) is 24.7 Å². The summed E-state index contributed by atoms with van der Waals surface area (Å²) in [5, 5.41) is 1.09. The maximum Gasteiger partial charge on any atom is 0.240 e. The van der Waals surface area contributed by atoms with Crippen LogP contribution in [0.5, 0.6) is 0 Å². The van der Waals surface area contributed by atoms with Gasteiger partial charge in [0, 0.05) is 12.1 Å². The van der Waals surface area contributed by atoms with E-state index in [1.807, 2.05) is 18.3 Å². The molecule has 0 saturated carbocycles. The molecule has 2 aromatic rings. The van der Waals surface area contributed by atoms with Crippen LogP contribution in [0.15, 0.2) is 35.4 Å². The van der Waals surface area contributed by atoms with Crippen molar-refractivity contribution in [1.29, 1.82) is 0 Å². The number of nitrogens with one attached hydrogen (secondary N) is 1. The van der Waals surface area contributed by atoms with E-state index in [9.17, 15) is 8.42 Å². The van der Waals surface area contributed by atoms with Crippen LogP contribution in [-0.4, -0.2) is 20.4 Å². The average molecular weight is 296 g/mol. The van der Waals surface area contributed by atoms with E-state index < -0.39 is 10.0 Å². The van der Waals surface area contributed by atoms with Gasteiger partial charge in [0.05, 0.1) is 14.8 Å². The minimum atomic E-state index is -3.37. The first-order valence-corrected chi connectivity index (χ1v) is 8.23. The highest BCUT2D eigenvalue weighted by Gasteiger charge is 2.12. The summed E-state index contributed by atoms with van der Waals surface area (Å²) < 4.78 is 25.5. The minimum Gasteiger partial charge on any atom is -0.249 e. The summed E-state index contributed by atoms with van der Waals surface area (Å²) in [6.45, 7) is 4.20. The Morgan fingerprint density at radius 3 is 2.32 bits per heavy atom. The molecule has 0 amide bonds. The Balaban J connectivity index is 2.32. The maximum absolute atomic E-state index is 11.6. The largest absolute Gasteiger partial charge is 0.249 e. The third-order valence-electron chi connectivity index (χ3n) is 2.74. The van der Waals surface area contributed by atoms with Crippen molar-refractivity contribution < 1.29 is 8.42 Å². The number of sulfonamides is 1. The van der Waals surface area contributed by atoms with E-state index >= 15 is 0 Å². The van der Waals surface area contributed by atoms with E-state index in [0.717, 1.165) is 15.4 Å². The highest BCUT2D eigenvalue weighted by Crippen LogP contribution is 2.30. The third-order valence-corrected chi connectivity index (χ3v) is 5.51. The Hall–Kier alpha value is -1.24. The zero-order chi connectivity index (χ0) is 14.0. The molecule has 1 aromatic heterocycles. The van der Waals surface area contributed by atoms with Crippen LogP contribution in [0.1, 0.15) is 24.8 Å². The van der Waals surface area contributed by atoms with E-state index in [0.29, 0.717) is 5.92 Å². The molecule has 0 unspecified atom stereocenters. The zero-order valence-electron chi connectivity index (χ0n) is 11.0. The topological polar surface area (TPSA) is 59.1 Å². The summed E-state index contributed by atoms with van der Waals surface area (Å²) in [6.07, 6.45) is 1.83. The van der Waals surface area contributed by atoms with Crippen LogP contribution < -0.4 is 4.72 Å². The molecule has 0 aliphatic rings. The second-order valence-corrected chi connectivity index (χ2v) is 7.40. The lowest BCUT2D eigenvalue weighted by atomic mass is 10.2. The second-order valence-electron chi connectivity index (χ2n) is 4.45. The van der Waals surface area contributed by atoms with E-state index in [2.05, 4.69) is 23.6 Å². The zero-order valence-corrected chi connectivity index (χ0v) is 12.7. The summed E-state index contributed by atoms with van der Waals surface area (Å²) in [5.41, 5.74) is 0.986. The van der Waals surface area contributed by atoms with Crippen LogP contribution in [0.4, 0.5) is 0 Å². The van der Waals surface area contributed by atoms with Gasteiger partial charge in [-0.1, -0.05) is 26.0 Å². The number of benzene rings is 1. The molecule has 0 aliphatic carbocycles. The van der Waals surface area contributed by atoms with Gasteiger partial charge in [-0.25, -0.2) is 18.1 Å². The van der Waals surface area contributed by atoms with Gasteiger partial charge in [-0.2, -0.15) is 0 Å². The van der Waals surface area contributed by atoms with E-state index in [1.165, 1.54) is 7.05 Å². The van der Waals surface area contributed by atoms with Gasteiger partial charge in [0.2, 0.25) is 10.0 Å². The lowest BCUT2D eigenvalue weighted by Crippen LogP contribution is -2.18. The standard InChI is InChI=1S/C13H16N2O2S2/c1-9(2)13-15-8-12(18-13)10-4-6-11(7-5-10)19(16,17)14-3/h4-9,14H,1-3H3. The summed E-state index contributed by atoms with van der Waals surface area (Å²) in [4.78, 5) is 5.69. The molecule has 102 valence electrons. The molecule has 19 heavy (non-hydrogen) atoms. The van der Waals surface area contributed by atoms with Gasteiger partial charge < -0.3 is 0 Å². The lowest BCUT2D eigenvalue weighted by molar-refractivity contribution is 0.588. The molecule has 0 spiro atoms. The first kappa shape index (κ1) is 14.2. The molecule has 0 atom stereocenters. The molecule has 2 rings (SSSR count). The highest BCUT2D eigenvalue weighted by molar-refractivity contribution is 7.89. The predicted molar refractivity (Wildman–Crippen MR) is 77.9 cm³/mol. The van der Waals surface area contributed by atoms with Crippen molar-refractivity contribution >= 4 is 21.4 Å². The molecule has 0 radical (unpaired) electrons. The minimum absolute atomic E-state index is 0.271. The van der Waals surface area contributed by atoms with Crippen LogP contribution in [-0.2, 0) is 10.0 Å². The van der Waals surface area contributed by atoms with Gasteiger partial charge in [0.1, 0.15) is 0 Å². The van der Waals surface area contributed by atoms with E-state index in [4.69, 9.17) is 0 Å². The van der Waals surface area contributed by atoms with Crippen molar-refractivity contribution in [2.75, 3.05) is 7.05 Å². The first-order chi connectivity index (χ1) is 8.94. The first-order valence-electron chi connectivity index (χ1n) is 5.94. The van der Waals surface area contributed by atoms with Gasteiger partial charge in [-0.3, -0.25) is 0 Å². The number of thiazole rings is 1. The van der Waals surface area contributed by atoms with Crippen molar-refractivity contribution in [3.8, 4) is 10.4 Å². The number of hydrogen-bond donors (Lipinski definition) is 1. The van der Waals surface area contributed by atoms with E-state index in [-0.39, 0.29) is 4.90 Å². The summed E-state index contributed by atoms with van der Waals surface area (Å²) in [6, 6.07) is 6.83. The summed E-state index contributed by atoms with van der Waals surface area (Å²) in [7, 11) is -1.96. The Bertz CT molecular complexity index is 658. The van der Waals surface area contributed by atoms with Crippen LogP contribution in [0.25, 0.3) is 10.4 Å². The smallest absolute Gasteiger partial charge is 0.240 e. The quantitative estimate of drug-likeness (QED) is 0.944. The lowest BCUT2D eigenvalue weighted by Gasteiger charge is -2.03. The highest BCUT2D eigenvalue weighted by atomic mass is 32.2. The van der Waals surface area contributed by atoms with Crippen LogP contribution >= 0.6 is 11.3 Å². The van der Waals surface area contributed by atoms with E-state index in [1.54, 1.807) is 23.5 Å². The molecule has 1 aromatic carbocycles.